The summed E-state index contributed by atoms with van der Waals surface area (Å²) in [7, 11) is 0. The molecule has 3 rings (SSSR count). The molecule has 138 valence electrons. The van der Waals surface area contributed by atoms with Crippen molar-refractivity contribution in [1.82, 2.24) is 4.90 Å². The molecular weight excluding hydrogens is 393 g/mol. The highest BCUT2D eigenvalue weighted by Gasteiger charge is 2.16. The minimum Gasteiger partial charge on any atom is -0.489 e. The van der Waals surface area contributed by atoms with Crippen molar-refractivity contribution in [2.75, 3.05) is 13.2 Å². The molecule has 1 atom stereocenters. The second kappa shape index (κ2) is 9.44. The monoisotopic (exact) mass is 411 g/mol. The van der Waals surface area contributed by atoms with Crippen molar-refractivity contribution in [3.63, 3.8) is 0 Å². The maximum Gasteiger partial charge on any atom is 0.138 e. The Balaban J connectivity index is 1.57. The Labute approximate surface area is 166 Å². The van der Waals surface area contributed by atoms with Gasteiger partial charge in [-0.05, 0) is 41.8 Å². The zero-order chi connectivity index (χ0) is 18.4. The first-order valence-corrected chi connectivity index (χ1v) is 9.77. The maximum atomic E-state index is 10.4. The standard InChI is InChI=1S/C19H19Cl2NO3S/c20-14-5-6-19(18(21)9-14)25-13-15(23)10-22(11-16-3-1-7-24-16)12-17-4-2-8-26-17/h1-9,15,23H,10-13H2. The van der Waals surface area contributed by atoms with Gasteiger partial charge in [-0.2, -0.15) is 0 Å². The van der Waals surface area contributed by atoms with E-state index < -0.39 is 6.10 Å². The number of furan rings is 1. The number of halogens is 2. The van der Waals surface area contributed by atoms with Gasteiger partial charge in [0.1, 0.15) is 24.2 Å². The smallest absolute Gasteiger partial charge is 0.138 e. The lowest BCUT2D eigenvalue weighted by atomic mass is 10.3. The molecule has 0 aliphatic rings. The number of aliphatic hydroxyl groups excluding tert-OH is 1. The molecule has 2 heterocycles. The minimum absolute atomic E-state index is 0.139. The lowest BCUT2D eigenvalue weighted by Gasteiger charge is -2.24. The Bertz CT molecular complexity index is 757. The fourth-order valence-corrected chi connectivity index (χ4v) is 3.77. The van der Waals surface area contributed by atoms with E-state index >= 15 is 0 Å². The van der Waals surface area contributed by atoms with Gasteiger partial charge in [-0.1, -0.05) is 29.3 Å². The van der Waals surface area contributed by atoms with E-state index in [9.17, 15) is 5.11 Å². The van der Waals surface area contributed by atoms with E-state index in [1.807, 2.05) is 23.6 Å². The van der Waals surface area contributed by atoms with Crippen LogP contribution in [-0.2, 0) is 13.1 Å². The highest BCUT2D eigenvalue weighted by atomic mass is 35.5. The molecule has 4 nitrogen and oxygen atoms in total. The van der Waals surface area contributed by atoms with Gasteiger partial charge in [0, 0.05) is 23.0 Å². The van der Waals surface area contributed by atoms with Crippen LogP contribution in [0.5, 0.6) is 5.75 Å². The minimum atomic E-state index is -0.670. The summed E-state index contributed by atoms with van der Waals surface area (Å²) in [6.07, 6.45) is 0.984. The molecule has 2 aromatic heterocycles. The molecule has 1 aromatic carbocycles. The van der Waals surface area contributed by atoms with E-state index in [-0.39, 0.29) is 6.61 Å². The molecule has 3 aromatic rings. The van der Waals surface area contributed by atoms with Crippen molar-refractivity contribution < 1.29 is 14.3 Å². The number of aliphatic hydroxyl groups is 1. The Morgan fingerprint density at radius 2 is 2.04 bits per heavy atom. The van der Waals surface area contributed by atoms with Crippen LogP contribution >= 0.6 is 34.5 Å². The normalized spacial score (nSPS) is 12.5. The van der Waals surface area contributed by atoms with Crippen molar-refractivity contribution in [1.29, 1.82) is 0 Å². The average Bonchev–Trinajstić information content (AvgIpc) is 3.28. The van der Waals surface area contributed by atoms with Crippen molar-refractivity contribution in [2.45, 2.75) is 19.2 Å². The predicted octanol–water partition coefficient (Wildman–Crippen LogP) is 5.09. The number of hydrogen-bond donors (Lipinski definition) is 1. The van der Waals surface area contributed by atoms with Gasteiger partial charge in [0.2, 0.25) is 0 Å². The van der Waals surface area contributed by atoms with Crippen LogP contribution in [0.1, 0.15) is 10.6 Å². The van der Waals surface area contributed by atoms with Crippen molar-refractivity contribution in [3.8, 4) is 5.75 Å². The highest BCUT2D eigenvalue weighted by Crippen LogP contribution is 2.27. The summed E-state index contributed by atoms with van der Waals surface area (Å²) < 4.78 is 11.1. The molecule has 0 spiro atoms. The summed E-state index contributed by atoms with van der Waals surface area (Å²) in [6, 6.07) is 12.9. The van der Waals surface area contributed by atoms with Gasteiger partial charge in [0.25, 0.3) is 0 Å². The molecule has 0 radical (unpaired) electrons. The molecule has 0 bridgehead atoms. The molecule has 7 heteroatoms. The van der Waals surface area contributed by atoms with Crippen LogP contribution in [0.3, 0.4) is 0 Å². The van der Waals surface area contributed by atoms with Gasteiger partial charge in [0.15, 0.2) is 0 Å². The molecule has 0 saturated carbocycles. The van der Waals surface area contributed by atoms with E-state index in [1.165, 1.54) is 4.88 Å². The van der Waals surface area contributed by atoms with Gasteiger partial charge in [-0.25, -0.2) is 0 Å². The van der Waals surface area contributed by atoms with Crippen molar-refractivity contribution >= 4 is 34.5 Å². The zero-order valence-electron chi connectivity index (χ0n) is 14.0. The summed E-state index contributed by atoms with van der Waals surface area (Å²) in [6.45, 7) is 1.94. The molecule has 0 fully saturated rings. The second-order valence-electron chi connectivity index (χ2n) is 5.87. The molecule has 0 aliphatic carbocycles. The molecule has 1 N–H and O–H groups in total. The summed E-state index contributed by atoms with van der Waals surface area (Å²) in [4.78, 5) is 3.35. The Hall–Kier alpha value is -1.50. The molecule has 0 saturated heterocycles. The maximum absolute atomic E-state index is 10.4. The predicted molar refractivity (Wildman–Crippen MR) is 105 cm³/mol. The lowest BCUT2D eigenvalue weighted by Crippen LogP contribution is -2.34. The van der Waals surface area contributed by atoms with E-state index in [4.69, 9.17) is 32.4 Å². The molecular formula is C19H19Cl2NO3S. The highest BCUT2D eigenvalue weighted by molar-refractivity contribution is 7.09. The zero-order valence-corrected chi connectivity index (χ0v) is 16.3. The third-order valence-corrected chi connectivity index (χ3v) is 5.10. The fraction of sp³-hybridized carbons (Fsp3) is 0.263. The molecule has 1 unspecified atom stereocenters. The van der Waals surface area contributed by atoms with Gasteiger partial charge in [0.05, 0.1) is 17.8 Å². The average molecular weight is 412 g/mol. The van der Waals surface area contributed by atoms with Gasteiger partial charge < -0.3 is 14.3 Å². The van der Waals surface area contributed by atoms with E-state index in [0.717, 1.165) is 12.3 Å². The summed E-state index contributed by atoms with van der Waals surface area (Å²) in [5.41, 5.74) is 0. The molecule has 0 amide bonds. The number of nitrogens with zero attached hydrogens (tertiary/aromatic N) is 1. The molecule has 26 heavy (non-hydrogen) atoms. The summed E-state index contributed by atoms with van der Waals surface area (Å²) in [5, 5.41) is 13.4. The quantitative estimate of drug-likeness (QED) is 0.532. The number of hydrogen-bond acceptors (Lipinski definition) is 5. The lowest BCUT2D eigenvalue weighted by molar-refractivity contribution is 0.0609. The Morgan fingerprint density at radius 1 is 1.15 bits per heavy atom. The molecule has 0 aliphatic heterocycles. The Morgan fingerprint density at radius 3 is 2.73 bits per heavy atom. The van der Waals surface area contributed by atoms with Gasteiger partial charge in [-0.15, -0.1) is 11.3 Å². The summed E-state index contributed by atoms with van der Waals surface area (Å²) >= 11 is 13.7. The van der Waals surface area contributed by atoms with Crippen LogP contribution in [0.25, 0.3) is 0 Å². The van der Waals surface area contributed by atoms with Crippen molar-refractivity contribution in [3.05, 3.63) is 74.8 Å². The second-order valence-corrected chi connectivity index (χ2v) is 7.74. The third-order valence-electron chi connectivity index (χ3n) is 3.71. The van der Waals surface area contributed by atoms with Crippen LogP contribution in [0.4, 0.5) is 0 Å². The fourth-order valence-electron chi connectivity index (χ4n) is 2.56. The van der Waals surface area contributed by atoms with E-state index in [2.05, 4.69) is 11.0 Å². The van der Waals surface area contributed by atoms with Crippen LogP contribution in [0.2, 0.25) is 10.0 Å². The van der Waals surface area contributed by atoms with Crippen LogP contribution in [-0.4, -0.2) is 29.3 Å². The number of rotatable bonds is 9. The SMILES string of the molecule is OC(COc1ccc(Cl)cc1Cl)CN(Cc1ccco1)Cc1cccs1. The van der Waals surface area contributed by atoms with E-state index in [1.54, 1.807) is 35.8 Å². The van der Waals surface area contributed by atoms with Crippen LogP contribution < -0.4 is 4.74 Å². The topological polar surface area (TPSA) is 45.8 Å². The first kappa shape index (κ1) is 19.3. The van der Waals surface area contributed by atoms with Crippen molar-refractivity contribution in [2.24, 2.45) is 0 Å². The first-order valence-electron chi connectivity index (χ1n) is 8.13. The van der Waals surface area contributed by atoms with Crippen LogP contribution in [0, 0.1) is 0 Å². The Kier molecular flexibility index (Phi) is 7.00. The van der Waals surface area contributed by atoms with Gasteiger partial charge in [-0.3, -0.25) is 4.90 Å². The van der Waals surface area contributed by atoms with E-state index in [0.29, 0.717) is 28.9 Å². The first-order chi connectivity index (χ1) is 12.6. The number of thiophene rings is 1. The number of benzene rings is 1. The largest absolute Gasteiger partial charge is 0.489 e. The van der Waals surface area contributed by atoms with Gasteiger partial charge >= 0.3 is 0 Å². The third kappa shape index (κ3) is 5.76. The summed E-state index contributed by atoms with van der Waals surface area (Å²) in [5.74, 6) is 1.36. The number of ether oxygens (including phenoxy) is 1. The van der Waals surface area contributed by atoms with Crippen LogP contribution in [0.15, 0.2) is 58.5 Å².